The van der Waals surface area contributed by atoms with Gasteiger partial charge in [0.15, 0.2) is 0 Å². The lowest BCUT2D eigenvalue weighted by molar-refractivity contribution is -0.0788. The van der Waals surface area contributed by atoms with Gasteiger partial charge in [-0.15, -0.1) is 0 Å². The van der Waals surface area contributed by atoms with E-state index in [2.05, 4.69) is 45.0 Å². The first-order valence-electron chi connectivity index (χ1n) is 13.4. The summed E-state index contributed by atoms with van der Waals surface area (Å²) < 4.78 is 0. The van der Waals surface area contributed by atoms with Gasteiger partial charge in [-0.3, -0.25) is 0 Å². The summed E-state index contributed by atoms with van der Waals surface area (Å²) in [6.07, 6.45) is 17.4. The molecule has 7 unspecified atom stereocenters. The van der Waals surface area contributed by atoms with Crippen LogP contribution in [0, 0.1) is 57.7 Å². The SMILES string of the molecule is CC[C@@]1(C)CCC2C(CCC3C2CCC2(C)C(CCc4cccc(C#N)c4)CCC32)C1. The zero-order valence-corrected chi connectivity index (χ0v) is 20.2. The first-order valence-corrected chi connectivity index (χ1v) is 13.4. The number of hydrogen-bond donors (Lipinski definition) is 0. The Morgan fingerprint density at radius 3 is 2.61 bits per heavy atom. The molecule has 0 spiro atoms. The molecule has 168 valence electrons. The predicted octanol–water partition coefficient (Wildman–Crippen LogP) is 8.18. The van der Waals surface area contributed by atoms with Crippen LogP contribution >= 0.6 is 0 Å². The van der Waals surface area contributed by atoms with Gasteiger partial charge in [0, 0.05) is 0 Å². The number of nitriles is 1. The molecule has 0 amide bonds. The van der Waals surface area contributed by atoms with Crippen molar-refractivity contribution in [2.75, 3.05) is 0 Å². The van der Waals surface area contributed by atoms with Crippen molar-refractivity contribution in [3.8, 4) is 6.07 Å². The minimum atomic E-state index is 0.577. The van der Waals surface area contributed by atoms with Gasteiger partial charge in [-0.2, -0.15) is 5.26 Å². The maximum absolute atomic E-state index is 9.22. The predicted molar refractivity (Wildman–Crippen MR) is 128 cm³/mol. The van der Waals surface area contributed by atoms with E-state index in [1.165, 1.54) is 76.2 Å². The van der Waals surface area contributed by atoms with Crippen LogP contribution in [0.25, 0.3) is 0 Å². The molecule has 0 heterocycles. The normalized spacial score (nSPS) is 44.1. The van der Waals surface area contributed by atoms with Crippen LogP contribution in [0.15, 0.2) is 24.3 Å². The maximum Gasteiger partial charge on any atom is 0.0991 e. The summed E-state index contributed by atoms with van der Waals surface area (Å²) in [6, 6.07) is 10.6. The van der Waals surface area contributed by atoms with E-state index in [-0.39, 0.29) is 0 Å². The van der Waals surface area contributed by atoms with Crippen LogP contribution in [0.1, 0.15) is 103 Å². The Balaban J connectivity index is 1.26. The Hall–Kier alpha value is -1.29. The van der Waals surface area contributed by atoms with Gasteiger partial charge in [-0.25, -0.2) is 0 Å². The number of rotatable bonds is 4. The van der Waals surface area contributed by atoms with Crippen LogP contribution in [-0.4, -0.2) is 0 Å². The van der Waals surface area contributed by atoms with E-state index in [0.29, 0.717) is 10.8 Å². The summed E-state index contributed by atoms with van der Waals surface area (Å²) in [4.78, 5) is 0. The lowest BCUT2D eigenvalue weighted by Gasteiger charge is -2.57. The van der Waals surface area contributed by atoms with Gasteiger partial charge >= 0.3 is 0 Å². The van der Waals surface area contributed by atoms with Gasteiger partial charge in [0.2, 0.25) is 0 Å². The first-order chi connectivity index (χ1) is 15.0. The lowest BCUT2D eigenvalue weighted by atomic mass is 9.48. The zero-order valence-electron chi connectivity index (χ0n) is 20.2. The van der Waals surface area contributed by atoms with Crippen molar-refractivity contribution in [1.82, 2.24) is 0 Å². The molecule has 0 aliphatic heterocycles. The summed E-state index contributed by atoms with van der Waals surface area (Å²) >= 11 is 0. The number of hydrogen-bond acceptors (Lipinski definition) is 1. The fraction of sp³-hybridized carbons (Fsp3) is 0.767. The second-order valence-corrected chi connectivity index (χ2v) is 12.5. The largest absolute Gasteiger partial charge is 0.192 e. The van der Waals surface area contributed by atoms with Gasteiger partial charge in [0.05, 0.1) is 11.6 Å². The summed E-state index contributed by atoms with van der Waals surface area (Å²) in [5.41, 5.74) is 3.39. The van der Waals surface area contributed by atoms with E-state index in [1.807, 2.05) is 6.07 Å². The highest BCUT2D eigenvalue weighted by molar-refractivity contribution is 5.32. The Morgan fingerprint density at radius 1 is 0.968 bits per heavy atom. The third-order valence-corrected chi connectivity index (χ3v) is 11.2. The summed E-state index contributed by atoms with van der Waals surface area (Å²) in [5, 5.41) is 9.22. The van der Waals surface area contributed by atoms with Crippen molar-refractivity contribution >= 4 is 0 Å². The van der Waals surface area contributed by atoms with E-state index in [1.54, 1.807) is 0 Å². The van der Waals surface area contributed by atoms with Crippen LogP contribution in [0.2, 0.25) is 0 Å². The van der Waals surface area contributed by atoms with Gasteiger partial charge in [0.1, 0.15) is 0 Å². The molecule has 8 atom stereocenters. The van der Waals surface area contributed by atoms with Crippen LogP contribution in [0.4, 0.5) is 0 Å². The Bertz CT molecular complexity index is 835. The van der Waals surface area contributed by atoms with Crippen LogP contribution in [-0.2, 0) is 6.42 Å². The van der Waals surface area contributed by atoms with Crippen molar-refractivity contribution in [2.24, 2.45) is 46.3 Å². The molecule has 1 nitrogen and oxygen atoms in total. The molecule has 4 aliphatic rings. The minimum Gasteiger partial charge on any atom is -0.192 e. The van der Waals surface area contributed by atoms with Gasteiger partial charge < -0.3 is 0 Å². The molecule has 0 saturated heterocycles. The van der Waals surface area contributed by atoms with Gasteiger partial charge in [-0.05, 0) is 135 Å². The molecular weight excluding hydrogens is 374 g/mol. The molecular formula is C30H43N. The van der Waals surface area contributed by atoms with E-state index in [4.69, 9.17) is 0 Å². The Labute approximate surface area is 191 Å². The maximum atomic E-state index is 9.22. The second-order valence-electron chi connectivity index (χ2n) is 12.5. The van der Waals surface area contributed by atoms with Crippen molar-refractivity contribution in [3.05, 3.63) is 35.4 Å². The molecule has 4 fully saturated rings. The third-order valence-electron chi connectivity index (χ3n) is 11.2. The molecule has 31 heavy (non-hydrogen) atoms. The topological polar surface area (TPSA) is 23.8 Å². The monoisotopic (exact) mass is 417 g/mol. The number of aryl methyl sites for hydroxylation is 1. The molecule has 5 rings (SSSR count). The van der Waals surface area contributed by atoms with Crippen molar-refractivity contribution in [2.45, 2.75) is 97.8 Å². The molecule has 1 aromatic rings. The van der Waals surface area contributed by atoms with Gasteiger partial charge in [0.25, 0.3) is 0 Å². The Kier molecular flexibility index (Phi) is 5.73. The molecule has 0 aromatic heterocycles. The van der Waals surface area contributed by atoms with Crippen LogP contribution in [0.5, 0.6) is 0 Å². The van der Waals surface area contributed by atoms with Gasteiger partial charge in [-0.1, -0.05) is 39.3 Å². The highest BCUT2D eigenvalue weighted by Crippen LogP contribution is 2.65. The van der Waals surface area contributed by atoms with Crippen LogP contribution < -0.4 is 0 Å². The standard InChI is InChI=1S/C30H43N/c1-4-29(2)16-14-25-23(19-29)9-12-27-26(25)15-17-30(3)24(11-13-28(27)30)10-8-21-6-5-7-22(18-21)20-31/h5-7,18,23-28H,4,8-17,19H2,1-3H3/t23?,24?,25?,26?,27?,28?,29-,30?/m0/s1. The minimum absolute atomic E-state index is 0.577. The molecule has 1 aromatic carbocycles. The average molecular weight is 418 g/mol. The Morgan fingerprint density at radius 2 is 1.81 bits per heavy atom. The molecule has 4 saturated carbocycles. The van der Waals surface area contributed by atoms with Crippen molar-refractivity contribution in [1.29, 1.82) is 5.26 Å². The van der Waals surface area contributed by atoms with Crippen molar-refractivity contribution in [3.63, 3.8) is 0 Å². The third kappa shape index (κ3) is 3.77. The molecule has 0 N–H and O–H groups in total. The average Bonchev–Trinajstić information content (AvgIpc) is 3.13. The fourth-order valence-electron chi connectivity index (χ4n) is 9.23. The lowest BCUT2D eigenvalue weighted by Crippen LogP contribution is -2.49. The van der Waals surface area contributed by atoms with E-state index in [9.17, 15) is 5.26 Å². The smallest absolute Gasteiger partial charge is 0.0991 e. The summed E-state index contributed by atoms with van der Waals surface area (Å²) in [7, 11) is 0. The summed E-state index contributed by atoms with van der Waals surface area (Å²) in [5.74, 6) is 6.03. The van der Waals surface area contributed by atoms with Crippen LogP contribution in [0.3, 0.4) is 0 Å². The number of benzene rings is 1. The molecule has 0 bridgehead atoms. The quantitative estimate of drug-likeness (QED) is 0.484. The highest BCUT2D eigenvalue weighted by Gasteiger charge is 2.57. The first kappa shape index (κ1) is 21.6. The molecule has 0 radical (unpaired) electrons. The number of fused-ring (bicyclic) bond motifs is 5. The molecule has 1 heteroatoms. The van der Waals surface area contributed by atoms with E-state index < -0.39 is 0 Å². The van der Waals surface area contributed by atoms with E-state index >= 15 is 0 Å². The zero-order chi connectivity index (χ0) is 21.6. The molecule has 4 aliphatic carbocycles. The number of nitrogens with zero attached hydrogens (tertiary/aromatic N) is 1. The van der Waals surface area contributed by atoms with E-state index in [0.717, 1.165) is 47.5 Å². The highest BCUT2D eigenvalue weighted by atomic mass is 14.6. The fourth-order valence-corrected chi connectivity index (χ4v) is 9.23. The summed E-state index contributed by atoms with van der Waals surface area (Å²) in [6.45, 7) is 7.67. The van der Waals surface area contributed by atoms with Crippen molar-refractivity contribution < 1.29 is 0 Å². The second kappa shape index (κ2) is 8.24.